The van der Waals surface area contributed by atoms with Crippen molar-refractivity contribution >= 4 is 17.4 Å². The van der Waals surface area contributed by atoms with E-state index in [-0.39, 0.29) is 0 Å². The zero-order valence-electron chi connectivity index (χ0n) is 11.4. The second-order valence-corrected chi connectivity index (χ2v) is 5.56. The van der Waals surface area contributed by atoms with Crippen LogP contribution in [0.2, 0.25) is 0 Å². The molecule has 0 atom stereocenters. The lowest BCUT2D eigenvalue weighted by Crippen LogP contribution is -2.01. The van der Waals surface area contributed by atoms with Crippen LogP contribution in [0.5, 0.6) is 0 Å². The largest absolute Gasteiger partial charge is 0.385 e. The maximum absolute atomic E-state index is 3.47. The van der Waals surface area contributed by atoms with E-state index in [1.54, 1.807) is 0 Å². The first-order chi connectivity index (χ1) is 9.40. The average Bonchev–Trinajstić information content (AvgIpc) is 2.49. The van der Waals surface area contributed by atoms with Crippen LogP contribution in [0.4, 0.5) is 5.69 Å². The van der Waals surface area contributed by atoms with E-state index < -0.39 is 0 Å². The number of nitrogens with one attached hydrogen (secondary N) is 1. The van der Waals surface area contributed by atoms with Crippen molar-refractivity contribution in [1.82, 2.24) is 0 Å². The van der Waals surface area contributed by atoms with Gasteiger partial charge in [0.15, 0.2) is 0 Å². The van der Waals surface area contributed by atoms with E-state index in [1.807, 2.05) is 17.8 Å². The van der Waals surface area contributed by atoms with Crippen molar-refractivity contribution in [3.63, 3.8) is 0 Å². The third kappa shape index (κ3) is 4.64. The fourth-order valence-electron chi connectivity index (χ4n) is 2.02. The van der Waals surface area contributed by atoms with Gasteiger partial charge in [-0.05, 0) is 48.1 Å². The van der Waals surface area contributed by atoms with Crippen LogP contribution in [0, 0.1) is 0 Å². The number of benzene rings is 2. The Labute approximate surface area is 120 Å². The fraction of sp³-hybridized carbons (Fsp3) is 0.294. The first kappa shape index (κ1) is 14.0. The van der Waals surface area contributed by atoms with E-state index in [4.69, 9.17) is 0 Å². The summed E-state index contributed by atoms with van der Waals surface area (Å²) >= 11 is 1.92. The van der Waals surface area contributed by atoms with E-state index >= 15 is 0 Å². The molecule has 0 saturated carbocycles. The minimum atomic E-state index is 1.06. The molecule has 2 rings (SSSR count). The summed E-state index contributed by atoms with van der Waals surface area (Å²) < 4.78 is 0. The van der Waals surface area contributed by atoms with Gasteiger partial charge >= 0.3 is 0 Å². The van der Waals surface area contributed by atoms with E-state index in [2.05, 4.69) is 60.1 Å². The minimum absolute atomic E-state index is 1.06. The third-order valence-corrected chi connectivity index (χ3v) is 3.79. The maximum atomic E-state index is 3.47. The topological polar surface area (TPSA) is 12.0 Å². The molecule has 0 unspecified atom stereocenters. The lowest BCUT2D eigenvalue weighted by atomic mass is 10.1. The Balaban J connectivity index is 1.85. The molecule has 0 bridgehead atoms. The molecular weight excluding hydrogens is 250 g/mol. The van der Waals surface area contributed by atoms with Crippen LogP contribution in [-0.4, -0.2) is 18.6 Å². The summed E-state index contributed by atoms with van der Waals surface area (Å²) in [5.41, 5.74) is 3.76. The molecule has 19 heavy (non-hydrogen) atoms. The molecule has 0 aliphatic carbocycles. The number of rotatable bonds is 7. The first-order valence-corrected chi connectivity index (χ1v) is 8.18. The molecular formula is C17H21NS. The van der Waals surface area contributed by atoms with Crippen LogP contribution in [0.3, 0.4) is 0 Å². The van der Waals surface area contributed by atoms with Crippen molar-refractivity contribution in [2.24, 2.45) is 0 Å². The number of hydrogen-bond donors (Lipinski definition) is 1. The Bertz CT molecular complexity index is 464. The zero-order chi connectivity index (χ0) is 13.3. The van der Waals surface area contributed by atoms with E-state index in [9.17, 15) is 0 Å². The highest BCUT2D eigenvalue weighted by Crippen LogP contribution is 2.20. The number of unbranched alkanes of at least 4 members (excludes halogenated alkanes) is 1. The van der Waals surface area contributed by atoms with Gasteiger partial charge < -0.3 is 5.32 Å². The van der Waals surface area contributed by atoms with Gasteiger partial charge in [-0.25, -0.2) is 0 Å². The monoisotopic (exact) mass is 271 g/mol. The molecule has 0 amide bonds. The van der Waals surface area contributed by atoms with Gasteiger partial charge in [0.05, 0.1) is 0 Å². The first-order valence-electron chi connectivity index (χ1n) is 6.78. The summed E-state index contributed by atoms with van der Waals surface area (Å²) in [6.07, 6.45) is 4.69. The van der Waals surface area contributed by atoms with Crippen molar-refractivity contribution in [2.75, 3.05) is 23.9 Å². The molecule has 2 heteroatoms. The van der Waals surface area contributed by atoms with E-state index in [0.717, 1.165) is 6.54 Å². The Hall–Kier alpha value is -1.41. The second kappa shape index (κ2) is 7.90. The number of hydrogen-bond acceptors (Lipinski definition) is 2. The molecule has 0 aromatic heterocycles. The average molecular weight is 271 g/mol. The SMILES string of the molecule is CSCCCCNc1ccc(-c2ccccc2)cc1. The Morgan fingerprint density at radius 2 is 1.53 bits per heavy atom. The van der Waals surface area contributed by atoms with Crippen LogP contribution in [0.25, 0.3) is 11.1 Å². The van der Waals surface area contributed by atoms with E-state index in [0.29, 0.717) is 0 Å². The molecule has 0 saturated heterocycles. The maximum Gasteiger partial charge on any atom is 0.0340 e. The molecule has 0 aliphatic rings. The third-order valence-electron chi connectivity index (χ3n) is 3.10. The molecule has 1 nitrogen and oxygen atoms in total. The van der Waals surface area contributed by atoms with E-state index in [1.165, 1.54) is 35.4 Å². The van der Waals surface area contributed by atoms with Crippen molar-refractivity contribution < 1.29 is 0 Å². The molecule has 2 aromatic rings. The van der Waals surface area contributed by atoms with Crippen LogP contribution in [-0.2, 0) is 0 Å². The zero-order valence-corrected chi connectivity index (χ0v) is 12.2. The highest BCUT2D eigenvalue weighted by atomic mass is 32.2. The normalized spacial score (nSPS) is 10.4. The Kier molecular flexibility index (Phi) is 5.83. The Morgan fingerprint density at radius 1 is 0.842 bits per heavy atom. The molecule has 100 valence electrons. The van der Waals surface area contributed by atoms with Crippen molar-refractivity contribution in [2.45, 2.75) is 12.8 Å². The fourth-order valence-corrected chi connectivity index (χ4v) is 2.51. The molecule has 1 N–H and O–H groups in total. The van der Waals surface area contributed by atoms with Gasteiger partial charge in [-0.2, -0.15) is 11.8 Å². The molecule has 0 radical (unpaired) electrons. The summed E-state index contributed by atoms with van der Waals surface area (Å²) in [4.78, 5) is 0. The van der Waals surface area contributed by atoms with Crippen LogP contribution < -0.4 is 5.32 Å². The summed E-state index contributed by atoms with van der Waals surface area (Å²) in [7, 11) is 0. The van der Waals surface area contributed by atoms with Gasteiger partial charge in [0.1, 0.15) is 0 Å². The summed E-state index contributed by atoms with van der Waals surface area (Å²) in [6, 6.07) is 19.2. The second-order valence-electron chi connectivity index (χ2n) is 4.57. The molecule has 2 aromatic carbocycles. The van der Waals surface area contributed by atoms with Gasteiger partial charge in [-0.3, -0.25) is 0 Å². The predicted octanol–water partition coefficient (Wildman–Crippen LogP) is 4.91. The minimum Gasteiger partial charge on any atom is -0.385 e. The molecule has 0 aliphatic heterocycles. The van der Waals surface area contributed by atoms with Crippen molar-refractivity contribution in [3.8, 4) is 11.1 Å². The Morgan fingerprint density at radius 3 is 2.21 bits per heavy atom. The highest BCUT2D eigenvalue weighted by molar-refractivity contribution is 7.98. The quantitative estimate of drug-likeness (QED) is 0.718. The van der Waals surface area contributed by atoms with Gasteiger partial charge in [0.2, 0.25) is 0 Å². The molecule has 0 heterocycles. The summed E-state index contributed by atoms with van der Waals surface area (Å²) in [5, 5.41) is 3.47. The summed E-state index contributed by atoms with van der Waals surface area (Å²) in [5.74, 6) is 1.26. The lowest BCUT2D eigenvalue weighted by Gasteiger charge is -2.07. The number of anilines is 1. The van der Waals surface area contributed by atoms with Gasteiger partial charge in [0.25, 0.3) is 0 Å². The summed E-state index contributed by atoms with van der Waals surface area (Å²) in [6.45, 7) is 1.06. The molecule has 0 fully saturated rings. The van der Waals surface area contributed by atoms with Crippen LogP contribution in [0.15, 0.2) is 54.6 Å². The number of thioether (sulfide) groups is 1. The smallest absolute Gasteiger partial charge is 0.0340 e. The predicted molar refractivity (Wildman–Crippen MR) is 88.0 cm³/mol. The van der Waals surface area contributed by atoms with Crippen molar-refractivity contribution in [1.29, 1.82) is 0 Å². The lowest BCUT2D eigenvalue weighted by molar-refractivity contribution is 0.843. The highest BCUT2D eigenvalue weighted by Gasteiger charge is 1.97. The van der Waals surface area contributed by atoms with Crippen molar-refractivity contribution in [3.05, 3.63) is 54.6 Å². The van der Waals surface area contributed by atoms with Gasteiger partial charge in [-0.15, -0.1) is 0 Å². The van der Waals surface area contributed by atoms with Gasteiger partial charge in [-0.1, -0.05) is 42.5 Å². The molecule has 0 spiro atoms. The van der Waals surface area contributed by atoms with Gasteiger partial charge in [0, 0.05) is 12.2 Å². The van der Waals surface area contributed by atoms with Crippen LogP contribution >= 0.6 is 11.8 Å². The van der Waals surface area contributed by atoms with Crippen LogP contribution in [0.1, 0.15) is 12.8 Å². The standard InChI is InChI=1S/C17H21NS/c1-19-14-6-5-13-18-17-11-9-16(10-12-17)15-7-3-2-4-8-15/h2-4,7-12,18H,5-6,13-14H2,1H3.